The molecular weight excluding hydrogens is 134 g/mol. The smallest absolute Gasteiger partial charge is 0.0201 e. The molecule has 0 rings (SSSR count). The number of hydrogen-bond donors (Lipinski definition) is 1. The highest BCUT2D eigenvalue weighted by Crippen LogP contribution is 2.03. The second-order valence-corrected chi connectivity index (χ2v) is 2.65. The molecule has 0 saturated carbocycles. The van der Waals surface area contributed by atoms with Crippen molar-refractivity contribution < 1.29 is 0 Å². The zero-order valence-corrected chi connectivity index (χ0v) is 7.65. The van der Waals surface area contributed by atoms with Crippen molar-refractivity contribution in [3.63, 3.8) is 0 Å². The van der Waals surface area contributed by atoms with Gasteiger partial charge in [-0.05, 0) is 26.5 Å². The molecule has 0 aromatic heterocycles. The Morgan fingerprint density at radius 1 is 1.45 bits per heavy atom. The molecule has 0 atom stereocenters. The normalized spacial score (nSPS) is 10.1. The first-order valence-corrected chi connectivity index (χ1v) is 3.82. The van der Waals surface area contributed by atoms with Crippen LogP contribution in [0, 0.1) is 0 Å². The number of hydrogen-bond acceptors (Lipinski definition) is 1. The highest BCUT2D eigenvalue weighted by molar-refractivity contribution is 5.26. The maximum Gasteiger partial charge on any atom is 0.0201 e. The molecule has 0 aromatic rings. The van der Waals surface area contributed by atoms with Crippen LogP contribution < -0.4 is 5.32 Å². The Hall–Kier alpha value is -0.820. The van der Waals surface area contributed by atoms with Gasteiger partial charge in [0, 0.05) is 6.54 Å². The summed E-state index contributed by atoms with van der Waals surface area (Å²) in [6.07, 6.45) is 5.83. The van der Waals surface area contributed by atoms with Gasteiger partial charge in [0.25, 0.3) is 0 Å². The van der Waals surface area contributed by atoms with Gasteiger partial charge in [0.1, 0.15) is 0 Å². The fraction of sp³-hybridized carbons (Fsp3) is 0.400. The molecule has 1 N–H and O–H groups in total. The fourth-order valence-electron chi connectivity index (χ4n) is 0.777. The van der Waals surface area contributed by atoms with Gasteiger partial charge in [0.2, 0.25) is 0 Å². The second kappa shape index (κ2) is 5.93. The van der Waals surface area contributed by atoms with Crippen molar-refractivity contribution in [3.05, 3.63) is 36.0 Å². The van der Waals surface area contributed by atoms with Gasteiger partial charge in [-0.2, -0.15) is 0 Å². The molecule has 62 valence electrons. The summed E-state index contributed by atoms with van der Waals surface area (Å²) >= 11 is 0. The van der Waals surface area contributed by atoms with Gasteiger partial charge >= 0.3 is 0 Å². The van der Waals surface area contributed by atoms with Gasteiger partial charge in [-0.25, -0.2) is 0 Å². The Morgan fingerprint density at radius 3 is 2.45 bits per heavy atom. The van der Waals surface area contributed by atoms with E-state index < -0.39 is 0 Å². The lowest BCUT2D eigenvalue weighted by Crippen LogP contribution is -2.10. The fourth-order valence-corrected chi connectivity index (χ4v) is 0.777. The van der Waals surface area contributed by atoms with Crippen molar-refractivity contribution in [2.24, 2.45) is 0 Å². The molecule has 0 aliphatic rings. The highest BCUT2D eigenvalue weighted by Gasteiger charge is 1.90. The van der Waals surface area contributed by atoms with Crippen molar-refractivity contribution in [2.45, 2.75) is 13.8 Å². The maximum absolute atomic E-state index is 3.62. The summed E-state index contributed by atoms with van der Waals surface area (Å²) in [5.41, 5.74) is 2.67. The standard InChI is InChI=1S/C10H17N/c1-5-6-7-10(8-11-4)9(2)3/h5-7,11H,1,8H2,2-4H3. The monoisotopic (exact) mass is 151 g/mol. The zero-order chi connectivity index (χ0) is 8.69. The summed E-state index contributed by atoms with van der Waals surface area (Å²) in [6.45, 7) is 8.77. The van der Waals surface area contributed by atoms with E-state index in [1.165, 1.54) is 11.1 Å². The zero-order valence-electron chi connectivity index (χ0n) is 7.65. The van der Waals surface area contributed by atoms with Gasteiger partial charge in [0.05, 0.1) is 0 Å². The lowest BCUT2D eigenvalue weighted by Gasteiger charge is -2.02. The van der Waals surface area contributed by atoms with E-state index in [-0.39, 0.29) is 0 Å². The molecule has 0 fully saturated rings. The lowest BCUT2D eigenvalue weighted by molar-refractivity contribution is 0.886. The molecule has 11 heavy (non-hydrogen) atoms. The van der Waals surface area contributed by atoms with Crippen LogP contribution in [0.1, 0.15) is 13.8 Å². The molecule has 0 saturated heterocycles. The molecule has 0 bridgehead atoms. The minimum atomic E-state index is 0.923. The van der Waals surface area contributed by atoms with Gasteiger partial charge in [-0.1, -0.05) is 30.4 Å². The Labute approximate surface area is 69.5 Å². The van der Waals surface area contributed by atoms with Crippen molar-refractivity contribution in [1.82, 2.24) is 5.32 Å². The Bertz CT molecular complexity index is 171. The minimum absolute atomic E-state index is 0.923. The largest absolute Gasteiger partial charge is 0.316 e. The average Bonchev–Trinajstić information content (AvgIpc) is 1.97. The first kappa shape index (κ1) is 10.2. The summed E-state index contributed by atoms with van der Waals surface area (Å²) in [4.78, 5) is 0. The van der Waals surface area contributed by atoms with Crippen LogP contribution in [0.4, 0.5) is 0 Å². The van der Waals surface area contributed by atoms with E-state index in [1.54, 1.807) is 6.08 Å². The van der Waals surface area contributed by atoms with Gasteiger partial charge in [0.15, 0.2) is 0 Å². The van der Waals surface area contributed by atoms with Crippen molar-refractivity contribution in [3.8, 4) is 0 Å². The third-order valence-electron chi connectivity index (χ3n) is 1.44. The van der Waals surface area contributed by atoms with E-state index in [0.717, 1.165) is 6.54 Å². The number of likely N-dealkylation sites (N-methyl/N-ethyl adjacent to an activating group) is 1. The summed E-state index contributed by atoms with van der Waals surface area (Å²) in [7, 11) is 1.95. The minimum Gasteiger partial charge on any atom is -0.316 e. The molecule has 0 heterocycles. The van der Waals surface area contributed by atoms with Crippen LogP contribution in [-0.4, -0.2) is 13.6 Å². The van der Waals surface area contributed by atoms with E-state index in [4.69, 9.17) is 0 Å². The summed E-state index contributed by atoms with van der Waals surface area (Å²) in [5, 5.41) is 3.11. The number of rotatable bonds is 4. The van der Waals surface area contributed by atoms with Crippen LogP contribution in [0.5, 0.6) is 0 Å². The molecule has 1 heteroatoms. The molecule has 0 aliphatic carbocycles. The lowest BCUT2D eigenvalue weighted by atomic mass is 10.1. The van der Waals surface area contributed by atoms with Crippen molar-refractivity contribution in [1.29, 1.82) is 0 Å². The molecule has 1 nitrogen and oxygen atoms in total. The van der Waals surface area contributed by atoms with Gasteiger partial charge < -0.3 is 5.32 Å². The Balaban J connectivity index is 4.23. The average molecular weight is 151 g/mol. The summed E-state index contributed by atoms with van der Waals surface area (Å²) < 4.78 is 0. The van der Waals surface area contributed by atoms with Gasteiger partial charge in [-0.15, -0.1) is 0 Å². The quantitative estimate of drug-likeness (QED) is 0.608. The maximum atomic E-state index is 3.62. The van der Waals surface area contributed by atoms with Crippen LogP contribution >= 0.6 is 0 Å². The molecule has 0 amide bonds. The van der Waals surface area contributed by atoms with E-state index in [0.29, 0.717) is 0 Å². The third-order valence-corrected chi connectivity index (χ3v) is 1.44. The molecule has 0 aromatic carbocycles. The summed E-state index contributed by atoms with van der Waals surface area (Å²) in [6, 6.07) is 0. The Morgan fingerprint density at radius 2 is 2.09 bits per heavy atom. The molecule has 0 radical (unpaired) electrons. The molecule has 0 spiro atoms. The van der Waals surface area contributed by atoms with E-state index in [1.807, 2.05) is 13.1 Å². The van der Waals surface area contributed by atoms with Crippen LogP contribution in [0.2, 0.25) is 0 Å². The topological polar surface area (TPSA) is 12.0 Å². The SMILES string of the molecule is C=CC=CC(CNC)=C(C)C. The Kier molecular flexibility index (Phi) is 5.49. The summed E-state index contributed by atoms with van der Waals surface area (Å²) in [5.74, 6) is 0. The first-order chi connectivity index (χ1) is 5.22. The van der Waals surface area contributed by atoms with Crippen molar-refractivity contribution >= 4 is 0 Å². The predicted molar refractivity (Wildman–Crippen MR) is 51.6 cm³/mol. The molecular formula is C10H17N. The van der Waals surface area contributed by atoms with E-state index in [2.05, 4.69) is 31.8 Å². The van der Waals surface area contributed by atoms with Crippen LogP contribution in [-0.2, 0) is 0 Å². The highest BCUT2D eigenvalue weighted by atomic mass is 14.8. The van der Waals surface area contributed by atoms with E-state index >= 15 is 0 Å². The van der Waals surface area contributed by atoms with Crippen molar-refractivity contribution in [2.75, 3.05) is 13.6 Å². The van der Waals surface area contributed by atoms with Crippen LogP contribution in [0.3, 0.4) is 0 Å². The second-order valence-electron chi connectivity index (χ2n) is 2.65. The van der Waals surface area contributed by atoms with Crippen LogP contribution in [0.15, 0.2) is 36.0 Å². The molecule has 0 unspecified atom stereocenters. The third kappa shape index (κ3) is 4.57. The van der Waals surface area contributed by atoms with E-state index in [9.17, 15) is 0 Å². The van der Waals surface area contributed by atoms with Gasteiger partial charge in [-0.3, -0.25) is 0 Å². The molecule has 0 aliphatic heterocycles. The van der Waals surface area contributed by atoms with Crippen LogP contribution in [0.25, 0.3) is 0 Å². The number of nitrogens with one attached hydrogen (secondary N) is 1. The first-order valence-electron chi connectivity index (χ1n) is 3.82. The number of allylic oxidation sites excluding steroid dienone is 3. The predicted octanol–water partition coefficient (Wildman–Crippen LogP) is 2.28.